The molecule has 0 heterocycles. The zero-order valence-corrected chi connectivity index (χ0v) is 27.4. The van der Waals surface area contributed by atoms with Gasteiger partial charge in [0.25, 0.3) is 0 Å². The number of aryl methyl sites for hydroxylation is 1. The Balaban J connectivity index is 1.92. The van der Waals surface area contributed by atoms with Gasteiger partial charge in [0.2, 0.25) is 5.91 Å². The second kappa shape index (κ2) is 21.3. The first-order valence-electron chi connectivity index (χ1n) is 16.4. The van der Waals surface area contributed by atoms with E-state index >= 15 is 0 Å². The summed E-state index contributed by atoms with van der Waals surface area (Å²) in [6.45, 7) is 4.74. The number of nitrogens with one attached hydrogen (secondary N) is 1. The smallest absolute Gasteiger partial charge is 0.326 e. The molecule has 10 heteroatoms. The van der Waals surface area contributed by atoms with Crippen molar-refractivity contribution in [3.05, 3.63) is 77.9 Å². The van der Waals surface area contributed by atoms with Crippen LogP contribution in [-0.2, 0) is 36.8 Å². The summed E-state index contributed by atoms with van der Waals surface area (Å²) in [6.07, 6.45) is 8.48. The van der Waals surface area contributed by atoms with Crippen LogP contribution in [0.25, 0.3) is 0 Å². The zero-order valence-electron chi connectivity index (χ0n) is 27.4. The van der Waals surface area contributed by atoms with Crippen LogP contribution in [0.15, 0.2) is 66.7 Å². The molecule has 1 unspecified atom stereocenters. The van der Waals surface area contributed by atoms with Gasteiger partial charge in [-0.1, -0.05) is 81.3 Å². The second-order valence-corrected chi connectivity index (χ2v) is 12.3. The van der Waals surface area contributed by atoms with E-state index in [1.165, 1.54) is 6.08 Å². The summed E-state index contributed by atoms with van der Waals surface area (Å²) in [4.78, 5) is 61.0. The van der Waals surface area contributed by atoms with Crippen LogP contribution in [0.5, 0.6) is 5.75 Å². The molecule has 0 spiro atoms. The quantitative estimate of drug-likeness (QED) is 0.0773. The van der Waals surface area contributed by atoms with Gasteiger partial charge in [0.1, 0.15) is 17.6 Å². The Morgan fingerprint density at radius 2 is 1.49 bits per heavy atom. The average molecular weight is 652 g/mol. The van der Waals surface area contributed by atoms with Crippen LogP contribution in [0, 0.1) is 17.8 Å². The number of unbranched alkanes of at least 4 members (excludes halogenated alkanes) is 4. The van der Waals surface area contributed by atoms with Crippen LogP contribution in [0.2, 0.25) is 0 Å². The number of hydrogen-bond donors (Lipinski definition) is 4. The first-order chi connectivity index (χ1) is 22.5. The number of carboxylic acids is 3. The predicted molar refractivity (Wildman–Crippen MR) is 178 cm³/mol. The van der Waals surface area contributed by atoms with Gasteiger partial charge in [-0.15, -0.1) is 0 Å². The molecule has 0 aliphatic rings. The Labute approximate surface area is 277 Å². The van der Waals surface area contributed by atoms with Gasteiger partial charge in [-0.3, -0.25) is 19.2 Å². The number of aliphatic carboxylic acids is 3. The van der Waals surface area contributed by atoms with Crippen LogP contribution in [-0.4, -0.2) is 57.6 Å². The summed E-state index contributed by atoms with van der Waals surface area (Å²) in [7, 11) is 0. The number of allylic oxidation sites excluding steroid dienone is 1. The van der Waals surface area contributed by atoms with Gasteiger partial charge in [-0.2, -0.15) is 0 Å². The summed E-state index contributed by atoms with van der Waals surface area (Å²) in [5.41, 5.74) is 1.76. The third kappa shape index (κ3) is 16.1. The molecule has 2 rings (SSSR count). The van der Waals surface area contributed by atoms with E-state index in [-0.39, 0.29) is 12.2 Å². The molecule has 10 nitrogen and oxygen atoms in total. The zero-order chi connectivity index (χ0) is 34.6. The highest BCUT2D eigenvalue weighted by molar-refractivity contribution is 5.91. The molecular formula is C37H49NO9. The minimum Gasteiger partial charge on any atom is -0.494 e. The molecule has 0 saturated heterocycles. The Kier molecular flexibility index (Phi) is 17.6. The topological polar surface area (TPSA) is 167 Å². The molecule has 2 aromatic carbocycles. The van der Waals surface area contributed by atoms with Crippen molar-refractivity contribution in [1.82, 2.24) is 5.32 Å². The Morgan fingerprint density at radius 1 is 0.809 bits per heavy atom. The van der Waals surface area contributed by atoms with E-state index < -0.39 is 48.1 Å². The molecule has 47 heavy (non-hydrogen) atoms. The van der Waals surface area contributed by atoms with Crippen LogP contribution in [0.3, 0.4) is 0 Å². The highest BCUT2D eigenvalue weighted by atomic mass is 16.5. The number of ether oxygens (including phenoxy) is 1. The standard InChI is InChI=1S/C37H49NO9/c1-26(2)22-23-47-30-20-17-28(18-21-30)24-33(37(45)46)38-35(42)31(32(36(43)44)25-34(40)41)15-11-6-4-3-5-10-14-29(39)19-16-27-12-8-7-9-13-27/h7-9,11-13,15,17-18,20-21,26,31-33H,3-6,10,14,16,19,22-25H2,1-2H3,(H,38,42)(H,40,41)(H,43,44)(H,45,46)/b15-11+/t31-,32?,33-/m0/s1. The number of hydrogen-bond acceptors (Lipinski definition) is 6. The van der Waals surface area contributed by atoms with Gasteiger partial charge in [-0.05, 0) is 61.3 Å². The van der Waals surface area contributed by atoms with Crippen molar-refractivity contribution >= 4 is 29.6 Å². The number of carboxylic acid groups (broad SMARTS) is 3. The highest BCUT2D eigenvalue weighted by Gasteiger charge is 2.35. The van der Waals surface area contributed by atoms with Crippen molar-refractivity contribution in [3.63, 3.8) is 0 Å². The van der Waals surface area contributed by atoms with Gasteiger partial charge >= 0.3 is 17.9 Å². The Bertz CT molecular complexity index is 1300. The third-order valence-electron chi connectivity index (χ3n) is 7.84. The molecular weight excluding hydrogens is 602 g/mol. The molecule has 0 radical (unpaired) electrons. The van der Waals surface area contributed by atoms with E-state index in [0.717, 1.165) is 44.1 Å². The molecule has 0 saturated carbocycles. The first kappa shape index (κ1) is 38.7. The fourth-order valence-electron chi connectivity index (χ4n) is 5.03. The second-order valence-electron chi connectivity index (χ2n) is 12.3. The Morgan fingerprint density at radius 3 is 2.11 bits per heavy atom. The van der Waals surface area contributed by atoms with Crippen molar-refractivity contribution < 1.29 is 44.0 Å². The normalized spacial score (nSPS) is 13.2. The van der Waals surface area contributed by atoms with E-state index in [1.807, 2.05) is 30.3 Å². The predicted octanol–water partition coefficient (Wildman–Crippen LogP) is 6.11. The molecule has 0 aromatic heterocycles. The lowest BCUT2D eigenvalue weighted by Gasteiger charge is -2.22. The number of rotatable bonds is 24. The largest absolute Gasteiger partial charge is 0.494 e. The van der Waals surface area contributed by atoms with E-state index in [1.54, 1.807) is 30.3 Å². The van der Waals surface area contributed by atoms with Crippen LogP contribution in [0.1, 0.15) is 82.8 Å². The molecule has 256 valence electrons. The van der Waals surface area contributed by atoms with E-state index in [0.29, 0.717) is 43.1 Å². The fourth-order valence-corrected chi connectivity index (χ4v) is 5.03. The summed E-state index contributed by atoms with van der Waals surface area (Å²) < 4.78 is 5.70. The Hall–Kier alpha value is -4.47. The van der Waals surface area contributed by atoms with Crippen LogP contribution < -0.4 is 10.1 Å². The molecule has 0 aliphatic heterocycles. The van der Waals surface area contributed by atoms with E-state index in [4.69, 9.17) is 4.74 Å². The molecule has 0 aliphatic carbocycles. The lowest BCUT2D eigenvalue weighted by molar-refractivity contribution is -0.152. The van der Waals surface area contributed by atoms with Crippen molar-refractivity contribution in [3.8, 4) is 5.75 Å². The van der Waals surface area contributed by atoms with Crippen molar-refractivity contribution in [2.75, 3.05) is 6.61 Å². The number of ketones is 1. The lowest BCUT2D eigenvalue weighted by atomic mass is 9.87. The molecule has 2 aromatic rings. The molecule has 0 fully saturated rings. The summed E-state index contributed by atoms with van der Waals surface area (Å²) in [5.74, 6) is -6.63. The van der Waals surface area contributed by atoms with Crippen molar-refractivity contribution in [1.29, 1.82) is 0 Å². The summed E-state index contributed by atoms with van der Waals surface area (Å²) in [5, 5.41) is 31.3. The SMILES string of the molecule is CC(C)CCOc1ccc(C[C@H](NC(=O)[C@@H](/C=C/CCCCCCC(=O)CCc2ccccc2)C(CC(=O)O)C(=O)O)C(=O)O)cc1. The number of carbonyl (C=O) groups is 5. The molecule has 4 N–H and O–H groups in total. The van der Waals surface area contributed by atoms with Gasteiger partial charge in [0, 0.05) is 19.3 Å². The first-order valence-corrected chi connectivity index (χ1v) is 16.4. The minimum absolute atomic E-state index is 0.0603. The maximum atomic E-state index is 13.3. The maximum absolute atomic E-state index is 13.3. The fraction of sp³-hybridized carbons (Fsp3) is 0.486. The molecule has 3 atom stereocenters. The number of Topliss-reactive ketones (excluding diaryl/α,β-unsaturated/α-hetero) is 1. The van der Waals surface area contributed by atoms with Crippen LogP contribution >= 0.6 is 0 Å². The van der Waals surface area contributed by atoms with E-state index in [9.17, 15) is 39.3 Å². The number of carbonyl (C=O) groups excluding carboxylic acids is 2. The molecule has 1 amide bonds. The van der Waals surface area contributed by atoms with Crippen molar-refractivity contribution in [2.45, 2.75) is 90.5 Å². The van der Waals surface area contributed by atoms with E-state index in [2.05, 4.69) is 19.2 Å². The van der Waals surface area contributed by atoms with Gasteiger partial charge in [0.05, 0.1) is 24.9 Å². The summed E-state index contributed by atoms with van der Waals surface area (Å²) >= 11 is 0. The number of amides is 1. The molecule has 0 bridgehead atoms. The average Bonchev–Trinajstić information content (AvgIpc) is 3.02. The highest BCUT2D eigenvalue weighted by Crippen LogP contribution is 2.21. The number of benzene rings is 2. The monoisotopic (exact) mass is 651 g/mol. The summed E-state index contributed by atoms with van der Waals surface area (Å²) in [6, 6.07) is 15.4. The third-order valence-corrected chi connectivity index (χ3v) is 7.84. The van der Waals surface area contributed by atoms with Crippen molar-refractivity contribution in [2.24, 2.45) is 17.8 Å². The van der Waals surface area contributed by atoms with Gasteiger partial charge in [-0.25, -0.2) is 4.79 Å². The van der Waals surface area contributed by atoms with Crippen LogP contribution in [0.4, 0.5) is 0 Å². The maximum Gasteiger partial charge on any atom is 0.326 e. The lowest BCUT2D eigenvalue weighted by Crippen LogP contribution is -2.47. The minimum atomic E-state index is -1.58. The van der Waals surface area contributed by atoms with Gasteiger partial charge in [0.15, 0.2) is 0 Å². The van der Waals surface area contributed by atoms with Gasteiger partial charge < -0.3 is 25.4 Å².